The molecule has 0 unspecified atom stereocenters. The van der Waals surface area contributed by atoms with Gasteiger partial charge in [0, 0.05) is 5.69 Å². The molecule has 2 aromatic carbocycles. The maximum absolute atomic E-state index is 11.9. The predicted octanol–water partition coefficient (Wildman–Crippen LogP) is 3.44. The maximum Gasteiger partial charge on any atom is 0.262 e. The van der Waals surface area contributed by atoms with Crippen LogP contribution in [-0.2, 0) is 11.2 Å². The van der Waals surface area contributed by atoms with Crippen LogP contribution in [0.3, 0.4) is 0 Å². The normalized spacial score (nSPS) is 9.86. The summed E-state index contributed by atoms with van der Waals surface area (Å²) < 4.78 is 10.8. The zero-order valence-electron chi connectivity index (χ0n) is 12.5. The van der Waals surface area contributed by atoms with Crippen molar-refractivity contribution in [1.29, 1.82) is 0 Å². The van der Waals surface area contributed by atoms with Crippen LogP contribution in [0, 0.1) is 0 Å². The van der Waals surface area contributed by atoms with E-state index in [1.165, 1.54) is 0 Å². The van der Waals surface area contributed by atoms with E-state index in [0.717, 1.165) is 17.7 Å². The molecular formula is C18H19NO3. The van der Waals surface area contributed by atoms with E-state index in [9.17, 15) is 4.79 Å². The number of para-hydroxylation sites is 1. The second-order valence-corrected chi connectivity index (χ2v) is 4.68. The van der Waals surface area contributed by atoms with E-state index < -0.39 is 0 Å². The van der Waals surface area contributed by atoms with Gasteiger partial charge in [-0.3, -0.25) is 4.79 Å². The minimum atomic E-state index is -0.219. The molecule has 0 spiro atoms. The Morgan fingerprint density at radius 1 is 1.18 bits per heavy atom. The third-order valence-corrected chi connectivity index (χ3v) is 3.02. The molecule has 0 heterocycles. The molecule has 0 aliphatic rings. The average Bonchev–Trinajstić information content (AvgIpc) is 2.54. The molecule has 0 radical (unpaired) electrons. The number of anilines is 1. The number of ether oxygens (including phenoxy) is 2. The second kappa shape index (κ2) is 7.88. The van der Waals surface area contributed by atoms with E-state index in [4.69, 9.17) is 9.47 Å². The van der Waals surface area contributed by atoms with Crippen LogP contribution in [0.15, 0.2) is 61.2 Å². The third-order valence-electron chi connectivity index (χ3n) is 3.02. The molecule has 0 bridgehead atoms. The number of rotatable bonds is 7. The highest BCUT2D eigenvalue weighted by molar-refractivity contribution is 5.91. The summed E-state index contributed by atoms with van der Waals surface area (Å²) in [5, 5.41) is 2.76. The highest BCUT2D eigenvalue weighted by atomic mass is 16.5. The standard InChI is InChI=1S/C18H19NO3/c1-3-7-14-10-11-16(17(12-14)21-2)22-13-18(20)19-15-8-5-4-6-9-15/h3-6,8-12H,1,7,13H2,2H3,(H,19,20). The van der Waals surface area contributed by atoms with Crippen LogP contribution in [0.5, 0.6) is 11.5 Å². The summed E-state index contributed by atoms with van der Waals surface area (Å²) in [5.41, 5.74) is 1.82. The van der Waals surface area contributed by atoms with Gasteiger partial charge in [-0.15, -0.1) is 6.58 Å². The number of hydrogen-bond acceptors (Lipinski definition) is 3. The molecular weight excluding hydrogens is 278 g/mol. The average molecular weight is 297 g/mol. The molecule has 0 aromatic heterocycles. The SMILES string of the molecule is C=CCc1ccc(OCC(=O)Nc2ccccc2)c(OC)c1. The Kier molecular flexibility index (Phi) is 5.60. The lowest BCUT2D eigenvalue weighted by Gasteiger charge is -2.12. The lowest BCUT2D eigenvalue weighted by Crippen LogP contribution is -2.20. The van der Waals surface area contributed by atoms with Gasteiger partial charge in [0.15, 0.2) is 18.1 Å². The second-order valence-electron chi connectivity index (χ2n) is 4.68. The predicted molar refractivity (Wildman–Crippen MR) is 87.5 cm³/mol. The molecule has 114 valence electrons. The first kappa shape index (κ1) is 15.6. The molecule has 0 aliphatic heterocycles. The lowest BCUT2D eigenvalue weighted by atomic mass is 10.1. The van der Waals surface area contributed by atoms with Crippen molar-refractivity contribution in [3.8, 4) is 11.5 Å². The smallest absolute Gasteiger partial charge is 0.262 e. The monoisotopic (exact) mass is 297 g/mol. The molecule has 2 aromatic rings. The van der Waals surface area contributed by atoms with Crippen molar-refractivity contribution in [2.75, 3.05) is 19.0 Å². The van der Waals surface area contributed by atoms with E-state index in [-0.39, 0.29) is 12.5 Å². The van der Waals surface area contributed by atoms with Crippen molar-refractivity contribution < 1.29 is 14.3 Å². The minimum Gasteiger partial charge on any atom is -0.493 e. The van der Waals surface area contributed by atoms with Crippen LogP contribution in [0.1, 0.15) is 5.56 Å². The Morgan fingerprint density at radius 3 is 2.64 bits per heavy atom. The highest BCUT2D eigenvalue weighted by Crippen LogP contribution is 2.28. The Balaban J connectivity index is 1.96. The summed E-state index contributed by atoms with van der Waals surface area (Å²) >= 11 is 0. The number of hydrogen-bond donors (Lipinski definition) is 1. The van der Waals surface area contributed by atoms with Crippen molar-refractivity contribution in [3.63, 3.8) is 0 Å². The number of nitrogens with one attached hydrogen (secondary N) is 1. The Hall–Kier alpha value is -2.75. The first-order valence-corrected chi connectivity index (χ1v) is 6.98. The van der Waals surface area contributed by atoms with Gasteiger partial charge in [0.1, 0.15) is 0 Å². The van der Waals surface area contributed by atoms with Crippen LogP contribution >= 0.6 is 0 Å². The van der Waals surface area contributed by atoms with Crippen molar-refractivity contribution in [1.82, 2.24) is 0 Å². The Labute approximate surface area is 130 Å². The molecule has 22 heavy (non-hydrogen) atoms. The topological polar surface area (TPSA) is 47.6 Å². The van der Waals surface area contributed by atoms with Crippen molar-refractivity contribution in [2.45, 2.75) is 6.42 Å². The number of benzene rings is 2. The summed E-state index contributed by atoms with van der Waals surface area (Å²) in [6.07, 6.45) is 2.58. The number of carbonyl (C=O) groups excluding carboxylic acids is 1. The van der Waals surface area contributed by atoms with Gasteiger partial charge in [0.25, 0.3) is 5.91 Å². The number of amides is 1. The molecule has 1 amide bonds. The zero-order valence-corrected chi connectivity index (χ0v) is 12.5. The number of allylic oxidation sites excluding steroid dienone is 1. The molecule has 0 atom stereocenters. The highest BCUT2D eigenvalue weighted by Gasteiger charge is 2.08. The van der Waals surface area contributed by atoms with E-state index in [0.29, 0.717) is 11.5 Å². The van der Waals surface area contributed by atoms with Gasteiger partial charge in [-0.2, -0.15) is 0 Å². The van der Waals surface area contributed by atoms with Gasteiger partial charge in [-0.25, -0.2) is 0 Å². The lowest BCUT2D eigenvalue weighted by molar-refractivity contribution is -0.118. The Morgan fingerprint density at radius 2 is 1.95 bits per heavy atom. The first-order chi connectivity index (χ1) is 10.7. The van der Waals surface area contributed by atoms with E-state index >= 15 is 0 Å². The first-order valence-electron chi connectivity index (χ1n) is 6.98. The van der Waals surface area contributed by atoms with Crippen LogP contribution in [0.25, 0.3) is 0 Å². The maximum atomic E-state index is 11.9. The number of methoxy groups -OCH3 is 1. The fourth-order valence-corrected chi connectivity index (χ4v) is 1.99. The van der Waals surface area contributed by atoms with Gasteiger partial charge >= 0.3 is 0 Å². The quantitative estimate of drug-likeness (QED) is 0.796. The fraction of sp³-hybridized carbons (Fsp3) is 0.167. The fourth-order valence-electron chi connectivity index (χ4n) is 1.99. The van der Waals surface area contributed by atoms with Gasteiger partial charge in [-0.1, -0.05) is 30.3 Å². The van der Waals surface area contributed by atoms with Crippen molar-refractivity contribution in [3.05, 3.63) is 66.7 Å². The summed E-state index contributed by atoms with van der Waals surface area (Å²) in [6.45, 7) is 3.63. The molecule has 0 fully saturated rings. The van der Waals surface area contributed by atoms with E-state index in [1.807, 2.05) is 48.5 Å². The van der Waals surface area contributed by atoms with Crippen LogP contribution in [-0.4, -0.2) is 19.6 Å². The van der Waals surface area contributed by atoms with Crippen LogP contribution in [0.4, 0.5) is 5.69 Å². The summed E-state index contributed by atoms with van der Waals surface area (Å²) in [4.78, 5) is 11.9. The van der Waals surface area contributed by atoms with Crippen molar-refractivity contribution in [2.24, 2.45) is 0 Å². The molecule has 1 N–H and O–H groups in total. The van der Waals surface area contributed by atoms with Gasteiger partial charge in [-0.05, 0) is 36.2 Å². The summed E-state index contributed by atoms with van der Waals surface area (Å²) in [7, 11) is 1.57. The van der Waals surface area contributed by atoms with E-state index in [2.05, 4.69) is 11.9 Å². The van der Waals surface area contributed by atoms with Crippen LogP contribution < -0.4 is 14.8 Å². The van der Waals surface area contributed by atoms with Gasteiger partial charge in [0.05, 0.1) is 7.11 Å². The molecule has 0 saturated carbocycles. The van der Waals surface area contributed by atoms with Gasteiger partial charge in [0.2, 0.25) is 0 Å². The molecule has 0 aliphatic carbocycles. The molecule has 2 rings (SSSR count). The largest absolute Gasteiger partial charge is 0.493 e. The molecule has 4 heteroatoms. The van der Waals surface area contributed by atoms with Crippen molar-refractivity contribution >= 4 is 11.6 Å². The van der Waals surface area contributed by atoms with E-state index in [1.54, 1.807) is 13.2 Å². The number of carbonyl (C=O) groups is 1. The minimum absolute atomic E-state index is 0.0773. The van der Waals surface area contributed by atoms with Crippen LogP contribution in [0.2, 0.25) is 0 Å². The molecule has 0 saturated heterocycles. The van der Waals surface area contributed by atoms with Gasteiger partial charge < -0.3 is 14.8 Å². The molecule has 4 nitrogen and oxygen atoms in total. The Bertz CT molecular complexity index is 638. The summed E-state index contributed by atoms with van der Waals surface area (Å²) in [5.74, 6) is 0.925. The summed E-state index contributed by atoms with van der Waals surface area (Å²) in [6, 6.07) is 14.9. The third kappa shape index (κ3) is 4.38. The zero-order chi connectivity index (χ0) is 15.8.